The van der Waals surface area contributed by atoms with Crippen LogP contribution in [0.1, 0.15) is 38.9 Å². The van der Waals surface area contributed by atoms with Crippen molar-refractivity contribution in [1.29, 1.82) is 0 Å². The van der Waals surface area contributed by atoms with Crippen molar-refractivity contribution in [1.82, 2.24) is 14.9 Å². The SMILES string of the molecule is CCCc1nc(NN)cc(NCC2CCN(CC)CC2)n1. The summed E-state index contributed by atoms with van der Waals surface area (Å²) in [5, 5.41) is 3.46. The third-order valence-corrected chi connectivity index (χ3v) is 4.12. The highest BCUT2D eigenvalue weighted by Crippen LogP contribution is 2.18. The average Bonchev–Trinajstić information content (AvgIpc) is 2.53. The fourth-order valence-corrected chi connectivity index (χ4v) is 2.75. The molecule has 1 fully saturated rings. The van der Waals surface area contributed by atoms with Gasteiger partial charge in [0.05, 0.1) is 0 Å². The number of hydrogen-bond acceptors (Lipinski definition) is 6. The highest BCUT2D eigenvalue weighted by molar-refractivity contribution is 5.46. The zero-order chi connectivity index (χ0) is 15.1. The number of nitrogen functional groups attached to an aromatic ring is 1. The van der Waals surface area contributed by atoms with E-state index in [1.165, 1.54) is 25.9 Å². The summed E-state index contributed by atoms with van der Waals surface area (Å²) in [6.07, 6.45) is 4.42. The van der Waals surface area contributed by atoms with Crippen LogP contribution in [0.25, 0.3) is 0 Å². The molecule has 1 aromatic heterocycles. The third-order valence-electron chi connectivity index (χ3n) is 4.12. The molecular weight excluding hydrogens is 264 g/mol. The molecule has 21 heavy (non-hydrogen) atoms. The van der Waals surface area contributed by atoms with Gasteiger partial charge >= 0.3 is 0 Å². The Morgan fingerprint density at radius 3 is 2.57 bits per heavy atom. The molecule has 1 aliphatic heterocycles. The van der Waals surface area contributed by atoms with Gasteiger partial charge in [0.1, 0.15) is 17.5 Å². The van der Waals surface area contributed by atoms with Crippen LogP contribution in [0.2, 0.25) is 0 Å². The normalized spacial score (nSPS) is 16.9. The molecule has 2 rings (SSSR count). The van der Waals surface area contributed by atoms with E-state index in [0.29, 0.717) is 5.82 Å². The maximum Gasteiger partial charge on any atom is 0.145 e. The lowest BCUT2D eigenvalue weighted by molar-refractivity contribution is 0.198. The standard InChI is InChI=1S/C15H28N6/c1-3-5-13-18-14(10-15(19-13)20-16)17-11-12-6-8-21(4-2)9-7-12/h10,12H,3-9,11,16H2,1-2H3,(H2,17,18,19,20). The highest BCUT2D eigenvalue weighted by atomic mass is 15.3. The molecular formula is C15H28N6. The molecule has 1 aliphatic rings. The van der Waals surface area contributed by atoms with Crippen molar-refractivity contribution in [3.63, 3.8) is 0 Å². The van der Waals surface area contributed by atoms with E-state index in [1.54, 1.807) is 0 Å². The molecule has 0 aromatic carbocycles. The van der Waals surface area contributed by atoms with Gasteiger partial charge in [0.25, 0.3) is 0 Å². The van der Waals surface area contributed by atoms with E-state index in [1.807, 2.05) is 6.07 Å². The second kappa shape index (κ2) is 8.14. The monoisotopic (exact) mass is 292 g/mol. The summed E-state index contributed by atoms with van der Waals surface area (Å²) in [4.78, 5) is 11.4. The number of nitrogens with one attached hydrogen (secondary N) is 2. The maximum atomic E-state index is 5.48. The van der Waals surface area contributed by atoms with Gasteiger partial charge in [0.15, 0.2) is 0 Å². The molecule has 0 atom stereocenters. The van der Waals surface area contributed by atoms with Crippen LogP contribution in [-0.4, -0.2) is 41.0 Å². The number of nitrogens with two attached hydrogens (primary N) is 1. The smallest absolute Gasteiger partial charge is 0.145 e. The molecule has 1 aromatic rings. The minimum Gasteiger partial charge on any atom is -0.370 e. The van der Waals surface area contributed by atoms with Gasteiger partial charge < -0.3 is 15.6 Å². The lowest BCUT2D eigenvalue weighted by atomic mass is 9.97. The van der Waals surface area contributed by atoms with Crippen molar-refractivity contribution in [3.05, 3.63) is 11.9 Å². The number of likely N-dealkylation sites (tertiary alicyclic amines) is 1. The van der Waals surface area contributed by atoms with Crippen molar-refractivity contribution >= 4 is 11.6 Å². The van der Waals surface area contributed by atoms with Crippen LogP contribution in [-0.2, 0) is 6.42 Å². The van der Waals surface area contributed by atoms with E-state index < -0.39 is 0 Å². The molecule has 2 heterocycles. The zero-order valence-corrected chi connectivity index (χ0v) is 13.2. The minimum absolute atomic E-state index is 0.678. The summed E-state index contributed by atoms with van der Waals surface area (Å²) in [5.41, 5.74) is 2.62. The van der Waals surface area contributed by atoms with Crippen LogP contribution in [0, 0.1) is 5.92 Å². The number of hydrogen-bond donors (Lipinski definition) is 3. The first-order valence-electron chi connectivity index (χ1n) is 8.06. The first-order chi connectivity index (χ1) is 10.2. The first kappa shape index (κ1) is 16.0. The van der Waals surface area contributed by atoms with Crippen molar-refractivity contribution < 1.29 is 0 Å². The van der Waals surface area contributed by atoms with Gasteiger partial charge in [-0.15, -0.1) is 0 Å². The van der Waals surface area contributed by atoms with Crippen molar-refractivity contribution in [2.24, 2.45) is 11.8 Å². The zero-order valence-electron chi connectivity index (χ0n) is 13.2. The molecule has 0 unspecified atom stereocenters. The van der Waals surface area contributed by atoms with Crippen molar-refractivity contribution in [2.45, 2.75) is 39.5 Å². The number of aryl methyl sites for hydroxylation is 1. The Bertz CT molecular complexity index is 428. The number of hydrazine groups is 1. The summed E-state index contributed by atoms with van der Waals surface area (Å²) in [6, 6.07) is 1.88. The average molecular weight is 292 g/mol. The summed E-state index contributed by atoms with van der Waals surface area (Å²) in [5.74, 6) is 8.60. The summed E-state index contributed by atoms with van der Waals surface area (Å²) in [6.45, 7) is 8.92. The van der Waals surface area contributed by atoms with Gasteiger partial charge in [-0.25, -0.2) is 15.8 Å². The van der Waals surface area contributed by atoms with Crippen LogP contribution in [0.3, 0.4) is 0 Å². The molecule has 0 bridgehead atoms. The Morgan fingerprint density at radius 2 is 1.95 bits per heavy atom. The van der Waals surface area contributed by atoms with Crippen LogP contribution in [0.4, 0.5) is 11.6 Å². The van der Waals surface area contributed by atoms with E-state index in [2.05, 4.69) is 39.5 Å². The molecule has 0 spiro atoms. The predicted molar refractivity (Wildman–Crippen MR) is 87.2 cm³/mol. The molecule has 1 saturated heterocycles. The number of nitrogens with zero attached hydrogens (tertiary/aromatic N) is 3. The van der Waals surface area contributed by atoms with E-state index in [0.717, 1.165) is 43.5 Å². The molecule has 6 heteroatoms. The Balaban J connectivity index is 1.89. The largest absolute Gasteiger partial charge is 0.370 e. The fourth-order valence-electron chi connectivity index (χ4n) is 2.75. The van der Waals surface area contributed by atoms with Gasteiger partial charge in [-0.2, -0.15) is 0 Å². The van der Waals surface area contributed by atoms with Gasteiger partial charge in [0, 0.05) is 19.0 Å². The minimum atomic E-state index is 0.678. The Morgan fingerprint density at radius 1 is 1.24 bits per heavy atom. The summed E-state index contributed by atoms with van der Waals surface area (Å²) >= 11 is 0. The number of rotatable bonds is 7. The van der Waals surface area contributed by atoms with Crippen LogP contribution in [0.5, 0.6) is 0 Å². The molecule has 0 radical (unpaired) electrons. The predicted octanol–water partition coefficient (Wildman–Crippen LogP) is 1.86. The highest BCUT2D eigenvalue weighted by Gasteiger charge is 2.18. The van der Waals surface area contributed by atoms with Gasteiger partial charge in [-0.1, -0.05) is 13.8 Å². The summed E-state index contributed by atoms with van der Waals surface area (Å²) in [7, 11) is 0. The molecule has 0 saturated carbocycles. The molecule has 0 amide bonds. The first-order valence-corrected chi connectivity index (χ1v) is 8.06. The lowest BCUT2D eigenvalue weighted by Crippen LogP contribution is -2.35. The van der Waals surface area contributed by atoms with E-state index in [-0.39, 0.29) is 0 Å². The number of anilines is 2. The number of aromatic nitrogens is 2. The van der Waals surface area contributed by atoms with E-state index in [9.17, 15) is 0 Å². The van der Waals surface area contributed by atoms with E-state index >= 15 is 0 Å². The summed E-state index contributed by atoms with van der Waals surface area (Å²) < 4.78 is 0. The van der Waals surface area contributed by atoms with Gasteiger partial charge in [-0.3, -0.25) is 0 Å². The Labute approximate surface area is 127 Å². The third kappa shape index (κ3) is 4.82. The second-order valence-corrected chi connectivity index (χ2v) is 5.71. The van der Waals surface area contributed by atoms with Crippen molar-refractivity contribution in [3.8, 4) is 0 Å². The van der Waals surface area contributed by atoms with E-state index in [4.69, 9.17) is 5.84 Å². The quantitative estimate of drug-likeness (QED) is 0.526. The molecule has 4 N–H and O–H groups in total. The Kier molecular flexibility index (Phi) is 6.20. The molecule has 0 aliphatic carbocycles. The topological polar surface area (TPSA) is 79.1 Å². The lowest BCUT2D eigenvalue weighted by Gasteiger charge is -2.31. The van der Waals surface area contributed by atoms with Crippen LogP contribution < -0.4 is 16.6 Å². The number of piperidine rings is 1. The maximum absolute atomic E-state index is 5.48. The molecule has 118 valence electrons. The Hall–Kier alpha value is -1.40. The fraction of sp³-hybridized carbons (Fsp3) is 0.733. The van der Waals surface area contributed by atoms with Gasteiger partial charge in [0.2, 0.25) is 0 Å². The van der Waals surface area contributed by atoms with Crippen LogP contribution >= 0.6 is 0 Å². The van der Waals surface area contributed by atoms with Crippen LogP contribution in [0.15, 0.2) is 6.07 Å². The molecule has 6 nitrogen and oxygen atoms in total. The second-order valence-electron chi connectivity index (χ2n) is 5.71. The van der Waals surface area contributed by atoms with Gasteiger partial charge in [-0.05, 0) is 44.8 Å². The van der Waals surface area contributed by atoms with Crippen molar-refractivity contribution in [2.75, 3.05) is 36.9 Å².